The highest BCUT2D eigenvalue weighted by Crippen LogP contribution is 2.26. The normalized spacial score (nSPS) is 16.0. The molecule has 0 amide bonds. The average molecular weight is 469 g/mol. The van der Waals surface area contributed by atoms with Gasteiger partial charge in [0.15, 0.2) is 0 Å². The molecule has 0 spiro atoms. The Morgan fingerprint density at radius 1 is 1.09 bits per heavy atom. The van der Waals surface area contributed by atoms with Gasteiger partial charge in [-0.2, -0.15) is 0 Å². The Morgan fingerprint density at radius 2 is 1.91 bits per heavy atom. The number of hydrogen-bond acceptors (Lipinski definition) is 8. The Hall–Kier alpha value is -2.55. The van der Waals surface area contributed by atoms with E-state index in [0.29, 0.717) is 30.2 Å². The minimum absolute atomic E-state index is 0.564. The minimum atomic E-state index is 0.564. The van der Waals surface area contributed by atoms with Crippen molar-refractivity contribution in [1.82, 2.24) is 15.1 Å². The topological polar surface area (TPSA) is 63.9 Å². The summed E-state index contributed by atoms with van der Waals surface area (Å²) in [4.78, 5) is 4.83. The zero-order valence-corrected chi connectivity index (χ0v) is 20.2. The van der Waals surface area contributed by atoms with Gasteiger partial charge in [-0.1, -0.05) is 18.2 Å². The van der Waals surface area contributed by atoms with E-state index in [1.807, 2.05) is 30.3 Å². The number of aromatic nitrogens is 2. The maximum atomic E-state index is 5.87. The molecule has 1 aliphatic heterocycles. The highest BCUT2D eigenvalue weighted by atomic mass is 32.2. The van der Waals surface area contributed by atoms with Gasteiger partial charge in [0.05, 0.1) is 19.0 Å². The molecule has 4 rings (SSSR count). The summed E-state index contributed by atoms with van der Waals surface area (Å²) in [7, 11) is 3.93. The number of methoxy groups -OCH3 is 1. The van der Waals surface area contributed by atoms with Gasteiger partial charge in [-0.15, -0.1) is 22.0 Å². The largest absolute Gasteiger partial charge is 0.493 e. The summed E-state index contributed by atoms with van der Waals surface area (Å²) in [5, 5.41) is 8.43. The first-order valence-corrected chi connectivity index (χ1v) is 12.5. The summed E-state index contributed by atoms with van der Waals surface area (Å²) in [5.74, 6) is 3.63. The molecule has 0 saturated carbocycles. The van der Waals surface area contributed by atoms with Crippen molar-refractivity contribution in [1.29, 1.82) is 0 Å². The lowest BCUT2D eigenvalue weighted by Crippen LogP contribution is -2.36. The number of nitrogens with zero attached hydrogens (tertiary/aromatic N) is 4. The second-order valence-corrected chi connectivity index (χ2v) is 9.23. The predicted octanol–water partition coefficient (Wildman–Crippen LogP) is 4.21. The SMILES string of the molecule is COCCN(C)C1CCN(c2ccc(-c3nnc(CSCCOc4ccccc4)o3)cc2)C1. The van der Waals surface area contributed by atoms with Gasteiger partial charge in [-0.3, -0.25) is 4.90 Å². The molecule has 8 heteroatoms. The summed E-state index contributed by atoms with van der Waals surface area (Å²) in [6.07, 6.45) is 1.17. The lowest BCUT2D eigenvalue weighted by molar-refractivity contribution is 0.143. The smallest absolute Gasteiger partial charge is 0.247 e. The molecule has 1 saturated heterocycles. The van der Waals surface area contributed by atoms with Crippen LogP contribution in [0.3, 0.4) is 0 Å². The summed E-state index contributed by atoms with van der Waals surface area (Å²) < 4.78 is 16.8. The number of benzene rings is 2. The van der Waals surface area contributed by atoms with Gasteiger partial charge in [-0.05, 0) is 49.9 Å². The molecule has 0 radical (unpaired) electrons. The van der Waals surface area contributed by atoms with Crippen LogP contribution in [0.4, 0.5) is 5.69 Å². The number of rotatable bonds is 12. The van der Waals surface area contributed by atoms with Gasteiger partial charge in [-0.25, -0.2) is 0 Å². The molecule has 33 heavy (non-hydrogen) atoms. The molecular weight excluding hydrogens is 436 g/mol. The van der Waals surface area contributed by atoms with Crippen molar-refractivity contribution in [3.8, 4) is 17.2 Å². The van der Waals surface area contributed by atoms with Crippen LogP contribution in [0.15, 0.2) is 59.0 Å². The molecule has 3 aromatic rings. The third-order valence-corrected chi connectivity index (χ3v) is 6.75. The van der Waals surface area contributed by atoms with Gasteiger partial charge in [0.25, 0.3) is 0 Å². The molecule has 1 atom stereocenters. The lowest BCUT2D eigenvalue weighted by Gasteiger charge is -2.25. The number of para-hydroxylation sites is 1. The van der Waals surface area contributed by atoms with Crippen LogP contribution in [0.1, 0.15) is 12.3 Å². The Morgan fingerprint density at radius 3 is 2.70 bits per heavy atom. The standard InChI is InChI=1S/C25H32N4O3S/c1-28(14-15-30-2)22-12-13-29(18-22)21-10-8-20(9-11-21)25-27-26-24(32-25)19-33-17-16-31-23-6-4-3-5-7-23/h3-11,22H,12-19H2,1-2H3. The molecule has 176 valence electrons. The van der Waals surface area contributed by atoms with E-state index in [1.165, 1.54) is 12.1 Å². The third-order valence-electron chi connectivity index (χ3n) is 5.85. The first-order valence-electron chi connectivity index (χ1n) is 11.4. The minimum Gasteiger partial charge on any atom is -0.493 e. The van der Waals surface area contributed by atoms with Gasteiger partial charge in [0.1, 0.15) is 5.75 Å². The van der Waals surface area contributed by atoms with Crippen LogP contribution in [0.25, 0.3) is 11.5 Å². The van der Waals surface area contributed by atoms with Crippen LogP contribution >= 0.6 is 11.8 Å². The van der Waals surface area contributed by atoms with Crippen LogP contribution in [0, 0.1) is 0 Å². The second kappa shape index (κ2) is 12.1. The molecule has 1 fully saturated rings. The summed E-state index contributed by atoms with van der Waals surface area (Å²) in [6.45, 7) is 4.49. The molecule has 0 N–H and O–H groups in total. The van der Waals surface area contributed by atoms with Crippen molar-refractivity contribution in [2.45, 2.75) is 18.2 Å². The van der Waals surface area contributed by atoms with Crippen LogP contribution in [-0.2, 0) is 10.5 Å². The Bertz CT molecular complexity index is 967. The summed E-state index contributed by atoms with van der Waals surface area (Å²) >= 11 is 1.72. The monoisotopic (exact) mass is 468 g/mol. The Labute approximate surface area is 200 Å². The van der Waals surface area contributed by atoms with Gasteiger partial charge >= 0.3 is 0 Å². The average Bonchev–Trinajstić information content (AvgIpc) is 3.53. The first-order chi connectivity index (χ1) is 16.2. The molecular formula is C25H32N4O3S. The Kier molecular flexibility index (Phi) is 8.63. The summed E-state index contributed by atoms with van der Waals surface area (Å²) in [5.41, 5.74) is 2.18. The van der Waals surface area contributed by atoms with Crippen molar-refractivity contribution in [2.75, 3.05) is 57.7 Å². The van der Waals surface area contributed by atoms with E-state index >= 15 is 0 Å². The molecule has 0 aliphatic carbocycles. The molecule has 0 bridgehead atoms. The highest BCUT2D eigenvalue weighted by molar-refractivity contribution is 7.98. The quantitative estimate of drug-likeness (QED) is 0.367. The zero-order chi connectivity index (χ0) is 22.9. The Balaban J connectivity index is 1.22. The highest BCUT2D eigenvalue weighted by Gasteiger charge is 2.25. The number of likely N-dealkylation sites (N-methyl/N-ethyl adjacent to an activating group) is 1. The van der Waals surface area contributed by atoms with Crippen molar-refractivity contribution in [3.05, 3.63) is 60.5 Å². The predicted molar refractivity (Wildman–Crippen MR) is 133 cm³/mol. The van der Waals surface area contributed by atoms with Gasteiger partial charge in [0, 0.05) is 49.8 Å². The lowest BCUT2D eigenvalue weighted by atomic mass is 10.2. The molecule has 2 aromatic carbocycles. The number of ether oxygens (including phenoxy) is 2. The van der Waals surface area contributed by atoms with Crippen molar-refractivity contribution >= 4 is 17.4 Å². The maximum absolute atomic E-state index is 5.87. The van der Waals surface area contributed by atoms with E-state index in [-0.39, 0.29) is 0 Å². The van der Waals surface area contributed by atoms with E-state index in [9.17, 15) is 0 Å². The van der Waals surface area contributed by atoms with Crippen LogP contribution in [0.2, 0.25) is 0 Å². The van der Waals surface area contributed by atoms with E-state index in [2.05, 4.69) is 51.3 Å². The third kappa shape index (κ3) is 6.72. The van der Waals surface area contributed by atoms with Crippen molar-refractivity contribution < 1.29 is 13.9 Å². The van der Waals surface area contributed by atoms with E-state index in [0.717, 1.165) is 43.3 Å². The number of anilines is 1. The molecule has 1 unspecified atom stereocenters. The van der Waals surface area contributed by atoms with Crippen molar-refractivity contribution in [2.24, 2.45) is 0 Å². The van der Waals surface area contributed by atoms with E-state index in [4.69, 9.17) is 13.9 Å². The molecule has 1 aliphatic rings. The van der Waals surface area contributed by atoms with E-state index < -0.39 is 0 Å². The van der Waals surface area contributed by atoms with Crippen LogP contribution in [-0.4, -0.2) is 73.9 Å². The summed E-state index contributed by atoms with van der Waals surface area (Å²) in [6, 6.07) is 18.8. The van der Waals surface area contributed by atoms with Gasteiger partial charge in [0.2, 0.25) is 11.8 Å². The first kappa shape index (κ1) is 23.6. The number of thioether (sulfide) groups is 1. The maximum Gasteiger partial charge on any atom is 0.247 e. The molecule has 1 aromatic heterocycles. The van der Waals surface area contributed by atoms with Crippen LogP contribution < -0.4 is 9.64 Å². The fraction of sp³-hybridized carbons (Fsp3) is 0.440. The number of hydrogen-bond donors (Lipinski definition) is 0. The van der Waals surface area contributed by atoms with Gasteiger partial charge < -0.3 is 18.8 Å². The fourth-order valence-corrected chi connectivity index (χ4v) is 4.53. The van der Waals surface area contributed by atoms with E-state index in [1.54, 1.807) is 18.9 Å². The van der Waals surface area contributed by atoms with Crippen LogP contribution in [0.5, 0.6) is 5.75 Å². The fourth-order valence-electron chi connectivity index (χ4n) is 3.89. The zero-order valence-electron chi connectivity index (χ0n) is 19.4. The van der Waals surface area contributed by atoms with Crippen molar-refractivity contribution in [3.63, 3.8) is 0 Å². The molecule has 7 nitrogen and oxygen atoms in total. The molecule has 2 heterocycles. The second-order valence-electron chi connectivity index (χ2n) is 8.12.